The number of ketones is 1. The van der Waals surface area contributed by atoms with Gasteiger partial charge in [-0.3, -0.25) is 4.79 Å². The number of benzene rings is 1. The molecule has 0 aliphatic carbocycles. The van der Waals surface area contributed by atoms with Gasteiger partial charge in [-0.05, 0) is 13.0 Å². The van der Waals surface area contributed by atoms with Crippen molar-refractivity contribution in [3.8, 4) is 5.75 Å². The van der Waals surface area contributed by atoms with Crippen LogP contribution in [0.25, 0.3) is 0 Å². The van der Waals surface area contributed by atoms with E-state index in [1.165, 1.54) is 25.1 Å². The number of aliphatic hydroxyl groups excluding tert-OH is 1. The van der Waals surface area contributed by atoms with Crippen LogP contribution >= 0.6 is 11.6 Å². The van der Waals surface area contributed by atoms with Gasteiger partial charge in [0.1, 0.15) is 11.1 Å². The van der Waals surface area contributed by atoms with E-state index in [1.54, 1.807) is 0 Å². The van der Waals surface area contributed by atoms with E-state index in [-0.39, 0.29) is 16.9 Å². The fourth-order valence-electron chi connectivity index (χ4n) is 1.42. The van der Waals surface area contributed by atoms with E-state index in [1.807, 2.05) is 0 Å². The molecule has 0 heterocycles. The molecule has 0 aliphatic heterocycles. The highest BCUT2D eigenvalue weighted by Gasteiger charge is 2.27. The van der Waals surface area contributed by atoms with Gasteiger partial charge in [-0.1, -0.05) is 12.1 Å². The Morgan fingerprint density at radius 2 is 1.94 bits per heavy atom. The van der Waals surface area contributed by atoms with E-state index in [4.69, 9.17) is 16.7 Å². The van der Waals surface area contributed by atoms with Gasteiger partial charge in [0, 0.05) is 11.1 Å². The summed E-state index contributed by atoms with van der Waals surface area (Å²) in [5.74, 6) is -2.26. The van der Waals surface area contributed by atoms with E-state index < -0.39 is 23.2 Å². The summed E-state index contributed by atoms with van der Waals surface area (Å²) in [6.07, 6.45) is -1.84. The quantitative estimate of drug-likeness (QED) is 0.709. The normalized spacial score (nSPS) is 14.1. The van der Waals surface area contributed by atoms with Crippen LogP contribution in [0.4, 0.5) is 0 Å². The van der Waals surface area contributed by atoms with Crippen LogP contribution in [0.15, 0.2) is 18.2 Å². The molecule has 1 rings (SSSR count). The Balaban J connectivity index is 3.36. The number of carbonyl (C=O) groups excluding carboxylic acids is 1. The number of phenols is 1. The Labute approximate surface area is 102 Å². The molecule has 0 saturated carbocycles. The molecule has 92 valence electrons. The average molecular weight is 259 g/mol. The van der Waals surface area contributed by atoms with Crippen molar-refractivity contribution in [2.24, 2.45) is 0 Å². The first-order valence-electron chi connectivity index (χ1n) is 4.73. The number of hydrogen-bond donors (Lipinski definition) is 3. The molecule has 0 amide bonds. The summed E-state index contributed by atoms with van der Waals surface area (Å²) >= 11 is 5.79. The molecule has 6 heteroatoms. The van der Waals surface area contributed by atoms with Crippen LogP contribution in [-0.2, 0) is 9.59 Å². The molecule has 3 N–H and O–H groups in total. The van der Waals surface area contributed by atoms with Gasteiger partial charge >= 0.3 is 5.97 Å². The summed E-state index contributed by atoms with van der Waals surface area (Å²) in [5.41, 5.74) is -0.163. The molecule has 1 aromatic carbocycles. The molecule has 5 nitrogen and oxygen atoms in total. The lowest BCUT2D eigenvalue weighted by atomic mass is 9.97. The number of carbonyl (C=O) groups is 2. The zero-order valence-corrected chi connectivity index (χ0v) is 9.68. The van der Waals surface area contributed by atoms with Crippen LogP contribution in [0.1, 0.15) is 29.5 Å². The number of carboxylic acid groups (broad SMARTS) is 1. The van der Waals surface area contributed by atoms with Crippen molar-refractivity contribution in [2.75, 3.05) is 0 Å². The molecule has 2 atom stereocenters. The van der Waals surface area contributed by atoms with Gasteiger partial charge in [-0.25, -0.2) is 4.79 Å². The number of aliphatic hydroxyl groups is 1. The van der Waals surface area contributed by atoms with Crippen molar-refractivity contribution in [1.82, 2.24) is 0 Å². The maximum atomic E-state index is 11.2. The van der Waals surface area contributed by atoms with Gasteiger partial charge in [0.2, 0.25) is 0 Å². The highest BCUT2D eigenvalue weighted by molar-refractivity contribution is 6.31. The molecule has 0 aromatic heterocycles. The molecule has 0 radical (unpaired) electrons. The number of rotatable bonds is 4. The molecule has 0 bridgehead atoms. The highest BCUT2D eigenvalue weighted by Crippen LogP contribution is 2.35. The smallest absolute Gasteiger partial charge is 0.337 e. The Hall–Kier alpha value is -1.59. The number of aliphatic carboxylic acids is 1. The van der Waals surface area contributed by atoms with Crippen LogP contribution in [0.5, 0.6) is 5.75 Å². The Morgan fingerprint density at radius 1 is 1.35 bits per heavy atom. The summed E-state index contributed by atoms with van der Waals surface area (Å²) in [4.78, 5) is 21.9. The van der Waals surface area contributed by atoms with Crippen molar-refractivity contribution >= 4 is 23.4 Å². The lowest BCUT2D eigenvalue weighted by Crippen LogP contribution is -2.15. The lowest BCUT2D eigenvalue weighted by molar-refractivity contribution is -0.147. The Morgan fingerprint density at radius 3 is 2.41 bits per heavy atom. The monoisotopic (exact) mass is 258 g/mol. The lowest BCUT2D eigenvalue weighted by Gasteiger charge is -2.16. The molecule has 1 aromatic rings. The number of phenolic OH excluding ortho intramolecular Hbond substituents is 1. The minimum absolute atomic E-state index is 0.0726. The molecule has 17 heavy (non-hydrogen) atoms. The molecule has 0 spiro atoms. The maximum absolute atomic E-state index is 11.2. The second-order valence-corrected chi connectivity index (χ2v) is 3.93. The zero-order valence-electron chi connectivity index (χ0n) is 8.92. The van der Waals surface area contributed by atoms with Crippen LogP contribution < -0.4 is 0 Å². The Bertz CT molecular complexity index is 457. The van der Waals surface area contributed by atoms with E-state index in [0.717, 1.165) is 0 Å². The van der Waals surface area contributed by atoms with Crippen molar-refractivity contribution in [2.45, 2.75) is 18.4 Å². The first kappa shape index (κ1) is 13.5. The number of Topliss-reactive ketones (excluding diaryl/α,β-unsaturated/α-hetero) is 1. The molecular weight excluding hydrogens is 248 g/mol. The first-order valence-corrected chi connectivity index (χ1v) is 5.17. The summed E-state index contributed by atoms with van der Waals surface area (Å²) in [7, 11) is 0. The topological polar surface area (TPSA) is 94.8 Å². The number of hydrogen-bond acceptors (Lipinski definition) is 4. The molecule has 2 unspecified atom stereocenters. The predicted molar refractivity (Wildman–Crippen MR) is 60.0 cm³/mol. The predicted octanol–water partition coefficient (Wildman–Crippen LogP) is 1.38. The van der Waals surface area contributed by atoms with Crippen molar-refractivity contribution in [3.05, 3.63) is 29.3 Å². The maximum Gasteiger partial charge on any atom is 0.337 e. The fourth-order valence-corrected chi connectivity index (χ4v) is 1.66. The highest BCUT2D eigenvalue weighted by atomic mass is 35.5. The van der Waals surface area contributed by atoms with Gasteiger partial charge < -0.3 is 15.3 Å². The van der Waals surface area contributed by atoms with E-state index >= 15 is 0 Å². The number of alkyl halides is 1. The van der Waals surface area contributed by atoms with Crippen molar-refractivity contribution < 1.29 is 24.9 Å². The number of carboxylic acids is 1. The third-order valence-corrected chi connectivity index (χ3v) is 2.78. The van der Waals surface area contributed by atoms with Gasteiger partial charge in [0.25, 0.3) is 0 Å². The summed E-state index contributed by atoms with van der Waals surface area (Å²) < 4.78 is 0. The van der Waals surface area contributed by atoms with Crippen LogP contribution in [0.3, 0.4) is 0 Å². The fraction of sp³-hybridized carbons (Fsp3) is 0.273. The molecular formula is C11H11ClO5. The van der Waals surface area contributed by atoms with Crippen LogP contribution in [0.2, 0.25) is 0 Å². The standard InChI is InChI=1S/C11H11ClO5/c1-5(13)9(12)8-6(10(15)11(16)17)3-2-4-7(8)14/h2-4,9-10,14-15H,1H3,(H,16,17). The first-order chi connectivity index (χ1) is 7.86. The van der Waals surface area contributed by atoms with Gasteiger partial charge in [-0.15, -0.1) is 11.6 Å². The van der Waals surface area contributed by atoms with Gasteiger partial charge in [0.05, 0.1) is 0 Å². The van der Waals surface area contributed by atoms with Crippen LogP contribution in [0, 0.1) is 0 Å². The largest absolute Gasteiger partial charge is 0.508 e. The second kappa shape index (κ2) is 5.16. The number of halogens is 1. The third kappa shape index (κ3) is 2.75. The zero-order chi connectivity index (χ0) is 13.2. The van der Waals surface area contributed by atoms with Gasteiger partial charge in [-0.2, -0.15) is 0 Å². The minimum atomic E-state index is -1.84. The SMILES string of the molecule is CC(=O)C(Cl)c1c(O)cccc1C(O)C(=O)O. The molecule has 0 fully saturated rings. The van der Waals surface area contributed by atoms with Gasteiger partial charge in [0.15, 0.2) is 11.9 Å². The average Bonchev–Trinajstić information content (AvgIpc) is 2.26. The molecule has 0 aliphatic rings. The van der Waals surface area contributed by atoms with E-state index in [2.05, 4.69) is 0 Å². The van der Waals surface area contributed by atoms with Crippen molar-refractivity contribution in [3.63, 3.8) is 0 Å². The third-order valence-electron chi connectivity index (χ3n) is 2.26. The Kier molecular flexibility index (Phi) is 4.09. The summed E-state index contributed by atoms with van der Waals surface area (Å²) in [6, 6.07) is 3.93. The minimum Gasteiger partial charge on any atom is -0.508 e. The summed E-state index contributed by atoms with van der Waals surface area (Å²) in [5, 5.41) is 26.6. The van der Waals surface area contributed by atoms with E-state index in [9.17, 15) is 19.8 Å². The number of aromatic hydroxyl groups is 1. The second-order valence-electron chi connectivity index (χ2n) is 3.49. The van der Waals surface area contributed by atoms with Crippen molar-refractivity contribution in [1.29, 1.82) is 0 Å². The van der Waals surface area contributed by atoms with Crippen LogP contribution in [-0.4, -0.2) is 27.1 Å². The summed E-state index contributed by atoms with van der Waals surface area (Å²) in [6.45, 7) is 1.21. The van der Waals surface area contributed by atoms with E-state index in [0.29, 0.717) is 0 Å². The molecule has 0 saturated heterocycles.